The molecule has 1 fully saturated rings. The zero-order chi connectivity index (χ0) is 21.7. The van der Waals surface area contributed by atoms with E-state index in [0.29, 0.717) is 11.5 Å². The highest BCUT2D eigenvalue weighted by Gasteiger charge is 2.55. The molecule has 2 unspecified atom stereocenters. The number of anilines is 1. The molecule has 0 saturated carbocycles. The first-order chi connectivity index (χ1) is 14.9. The first-order valence-corrected chi connectivity index (χ1v) is 10.4. The first kappa shape index (κ1) is 19.6. The topological polar surface area (TPSA) is 104 Å². The Morgan fingerprint density at radius 3 is 2.65 bits per heavy atom. The summed E-state index contributed by atoms with van der Waals surface area (Å²) in [7, 11) is 0. The van der Waals surface area contributed by atoms with Crippen molar-refractivity contribution in [2.24, 2.45) is 10.3 Å². The van der Waals surface area contributed by atoms with Crippen LogP contribution < -0.4 is 4.90 Å². The van der Waals surface area contributed by atoms with Crippen molar-refractivity contribution in [2.45, 2.75) is 32.5 Å². The second-order valence-electron chi connectivity index (χ2n) is 7.46. The molecule has 5 rings (SSSR count). The minimum atomic E-state index is -0.875. The van der Waals surface area contributed by atoms with Crippen LogP contribution in [0, 0.1) is 13.8 Å². The number of amides is 2. The van der Waals surface area contributed by atoms with E-state index in [1.165, 1.54) is 9.91 Å². The van der Waals surface area contributed by atoms with Crippen LogP contribution in [0.3, 0.4) is 0 Å². The monoisotopic (exact) mass is 480 g/mol. The quantitative estimate of drug-likeness (QED) is 0.528. The predicted molar refractivity (Wildman–Crippen MR) is 114 cm³/mol. The smallest absolute Gasteiger partial charge is 0.263 e. The molecule has 0 spiro atoms. The Morgan fingerprint density at radius 2 is 1.87 bits per heavy atom. The average Bonchev–Trinajstić information content (AvgIpc) is 3.43. The number of imide groups is 1. The molecule has 2 aromatic carbocycles. The predicted octanol–water partition coefficient (Wildman–Crippen LogP) is 3.61. The number of hydrogen-bond donors (Lipinski definition) is 0. The zero-order valence-electron chi connectivity index (χ0n) is 16.7. The summed E-state index contributed by atoms with van der Waals surface area (Å²) in [5, 5.41) is 13.5. The van der Waals surface area contributed by atoms with Crippen molar-refractivity contribution in [3.63, 3.8) is 0 Å². The molecule has 0 N–H and O–H groups in total. The largest absolute Gasteiger partial charge is 0.337 e. The van der Waals surface area contributed by atoms with Crippen molar-refractivity contribution in [1.82, 2.24) is 15.1 Å². The van der Waals surface area contributed by atoms with Gasteiger partial charge in [0.1, 0.15) is 6.54 Å². The third-order valence-corrected chi connectivity index (χ3v) is 6.18. The fourth-order valence-corrected chi connectivity index (χ4v) is 4.14. The number of halogens is 1. The highest BCUT2D eigenvalue weighted by molar-refractivity contribution is 9.10. The molecule has 156 valence electrons. The molecule has 0 aliphatic carbocycles. The van der Waals surface area contributed by atoms with Crippen LogP contribution in [0.2, 0.25) is 0 Å². The van der Waals surface area contributed by atoms with E-state index in [0.717, 1.165) is 21.2 Å². The lowest BCUT2D eigenvalue weighted by Gasteiger charge is -2.19. The SMILES string of the molecule is Cc1ccc(N2C(=O)C3N=NN(Cc4nc(-c5ccccc5Br)no4)C3C2=O)cc1C. The summed E-state index contributed by atoms with van der Waals surface area (Å²) < 4.78 is 6.19. The van der Waals surface area contributed by atoms with Gasteiger partial charge in [-0.1, -0.05) is 44.5 Å². The number of aromatic nitrogens is 2. The molecular weight excluding hydrogens is 464 g/mol. The Morgan fingerprint density at radius 1 is 1.06 bits per heavy atom. The van der Waals surface area contributed by atoms with Crippen molar-refractivity contribution >= 4 is 33.4 Å². The van der Waals surface area contributed by atoms with Crippen LogP contribution in [0.5, 0.6) is 0 Å². The Hall–Kier alpha value is -3.40. The minimum Gasteiger partial charge on any atom is -0.337 e. The Bertz CT molecular complexity index is 1240. The van der Waals surface area contributed by atoms with Crippen LogP contribution in [-0.4, -0.2) is 39.0 Å². The maximum absolute atomic E-state index is 13.1. The third kappa shape index (κ3) is 3.23. The second-order valence-corrected chi connectivity index (χ2v) is 8.32. The van der Waals surface area contributed by atoms with E-state index in [9.17, 15) is 9.59 Å². The van der Waals surface area contributed by atoms with Gasteiger partial charge in [0.05, 0.1) is 5.69 Å². The number of fused-ring (bicyclic) bond motifs is 1. The van der Waals surface area contributed by atoms with Crippen LogP contribution in [0.4, 0.5) is 5.69 Å². The Kier molecular flexibility index (Phi) is 4.66. The number of hydrogen-bond acceptors (Lipinski definition) is 8. The molecule has 3 heterocycles. The van der Waals surface area contributed by atoms with Gasteiger partial charge in [-0.15, -0.1) is 0 Å². The van der Waals surface area contributed by atoms with Gasteiger partial charge in [0.15, 0.2) is 12.1 Å². The van der Waals surface area contributed by atoms with E-state index in [-0.39, 0.29) is 24.2 Å². The number of carbonyl (C=O) groups is 2. The molecule has 9 nitrogen and oxygen atoms in total. The minimum absolute atomic E-state index is 0.0713. The zero-order valence-corrected chi connectivity index (χ0v) is 18.3. The van der Waals surface area contributed by atoms with Gasteiger partial charge in [-0.25, -0.2) is 4.90 Å². The highest BCUT2D eigenvalue weighted by Crippen LogP contribution is 2.33. The molecule has 1 saturated heterocycles. The summed E-state index contributed by atoms with van der Waals surface area (Å²) in [6.45, 7) is 3.99. The second kappa shape index (κ2) is 7.38. The molecule has 2 aliphatic heterocycles. The van der Waals surface area contributed by atoms with Gasteiger partial charge in [-0.05, 0) is 49.2 Å². The Balaban J connectivity index is 1.38. The highest BCUT2D eigenvalue weighted by atomic mass is 79.9. The van der Waals surface area contributed by atoms with Crippen LogP contribution in [-0.2, 0) is 16.1 Å². The van der Waals surface area contributed by atoms with E-state index in [4.69, 9.17) is 4.52 Å². The van der Waals surface area contributed by atoms with Crippen molar-refractivity contribution < 1.29 is 14.1 Å². The molecule has 10 heteroatoms. The molecule has 3 aromatic rings. The van der Waals surface area contributed by atoms with Gasteiger partial charge in [0.2, 0.25) is 11.7 Å². The van der Waals surface area contributed by atoms with Gasteiger partial charge in [-0.2, -0.15) is 10.1 Å². The normalized spacial score (nSPS) is 20.1. The van der Waals surface area contributed by atoms with E-state index in [1.54, 1.807) is 6.07 Å². The first-order valence-electron chi connectivity index (χ1n) is 9.64. The van der Waals surface area contributed by atoms with Crippen molar-refractivity contribution in [3.05, 3.63) is 64.0 Å². The number of rotatable bonds is 4. The molecule has 0 bridgehead atoms. The molecule has 2 amide bonds. The molecule has 2 aliphatic rings. The lowest BCUT2D eigenvalue weighted by atomic mass is 10.1. The van der Waals surface area contributed by atoms with Gasteiger partial charge < -0.3 is 4.52 Å². The van der Waals surface area contributed by atoms with Crippen molar-refractivity contribution in [1.29, 1.82) is 0 Å². The third-order valence-electron chi connectivity index (χ3n) is 5.49. The maximum Gasteiger partial charge on any atom is 0.263 e. The van der Waals surface area contributed by atoms with Crippen molar-refractivity contribution in [2.75, 3.05) is 4.90 Å². The summed E-state index contributed by atoms with van der Waals surface area (Å²) >= 11 is 3.47. The van der Waals surface area contributed by atoms with E-state index < -0.39 is 12.1 Å². The molecule has 31 heavy (non-hydrogen) atoms. The van der Waals surface area contributed by atoms with Gasteiger partial charge in [-0.3, -0.25) is 14.6 Å². The van der Waals surface area contributed by atoms with Gasteiger partial charge >= 0.3 is 0 Å². The summed E-state index contributed by atoms with van der Waals surface area (Å²) in [5.41, 5.74) is 3.41. The van der Waals surface area contributed by atoms with Crippen LogP contribution in [0.25, 0.3) is 11.4 Å². The number of nitrogens with zero attached hydrogens (tertiary/aromatic N) is 6. The van der Waals surface area contributed by atoms with E-state index in [2.05, 4.69) is 36.4 Å². The average molecular weight is 481 g/mol. The van der Waals surface area contributed by atoms with E-state index in [1.807, 2.05) is 50.2 Å². The fourth-order valence-electron chi connectivity index (χ4n) is 3.68. The van der Waals surface area contributed by atoms with Crippen LogP contribution >= 0.6 is 15.9 Å². The van der Waals surface area contributed by atoms with Gasteiger partial charge in [0.25, 0.3) is 11.8 Å². The summed E-state index contributed by atoms with van der Waals surface area (Å²) in [6, 6.07) is 11.3. The summed E-state index contributed by atoms with van der Waals surface area (Å²) in [6.07, 6.45) is 0. The lowest BCUT2D eigenvalue weighted by Crippen LogP contribution is -2.39. The molecule has 1 aromatic heterocycles. The number of carbonyl (C=O) groups excluding carboxylic acids is 2. The Labute approximate surface area is 185 Å². The molecule has 2 atom stereocenters. The summed E-state index contributed by atoms with van der Waals surface area (Å²) in [4.78, 5) is 31.6. The lowest BCUT2D eigenvalue weighted by molar-refractivity contribution is -0.123. The number of aryl methyl sites for hydroxylation is 2. The van der Waals surface area contributed by atoms with Crippen LogP contribution in [0.15, 0.2) is 61.8 Å². The fraction of sp³-hybridized carbons (Fsp3) is 0.238. The maximum atomic E-state index is 13.1. The number of benzene rings is 2. The molecule has 0 radical (unpaired) electrons. The van der Waals surface area contributed by atoms with Gasteiger partial charge in [0, 0.05) is 10.0 Å². The van der Waals surface area contributed by atoms with Crippen molar-refractivity contribution in [3.8, 4) is 11.4 Å². The standard InChI is InChI=1S/C21H17BrN6O3/c1-11-7-8-13(9-12(11)2)28-20(29)17-18(21(28)30)27(26-24-17)10-16-23-19(25-31-16)14-5-3-4-6-15(14)22/h3-9,17-18H,10H2,1-2H3. The van der Waals surface area contributed by atoms with Crippen LogP contribution in [0.1, 0.15) is 17.0 Å². The summed E-state index contributed by atoms with van der Waals surface area (Å²) in [5.74, 6) is -0.0614. The molecular formula is C21H17BrN6O3. The van der Waals surface area contributed by atoms with E-state index >= 15 is 0 Å².